The van der Waals surface area contributed by atoms with Crippen molar-refractivity contribution in [3.63, 3.8) is 0 Å². The smallest absolute Gasteiger partial charge is 0.262 e. The minimum absolute atomic E-state index is 0.0940. The van der Waals surface area contributed by atoms with Crippen LogP contribution in [0.3, 0.4) is 0 Å². The monoisotopic (exact) mass is 361 g/mol. The van der Waals surface area contributed by atoms with Crippen LogP contribution < -0.4 is 15.8 Å². The summed E-state index contributed by atoms with van der Waals surface area (Å²) in [5.41, 5.74) is 7.23. The van der Waals surface area contributed by atoms with Gasteiger partial charge in [-0.1, -0.05) is 12.1 Å². The highest BCUT2D eigenvalue weighted by molar-refractivity contribution is 7.92. The zero-order valence-electron chi connectivity index (χ0n) is 13.9. The standard InChI is InChI=1S/C17H19N3O4S/c1-11-9-15(19-12(2)21)7-8-16(11)25(23,24)20-14-5-3-13(4-6-14)10-17(18)22/h3-9,20H,10H2,1-2H3,(H2,18,22)(H,19,21). The number of benzene rings is 2. The van der Waals surface area contributed by atoms with E-state index in [1.165, 1.54) is 19.1 Å². The van der Waals surface area contributed by atoms with E-state index in [4.69, 9.17) is 5.73 Å². The molecule has 0 aliphatic heterocycles. The summed E-state index contributed by atoms with van der Waals surface area (Å²) in [4.78, 5) is 22.1. The molecule has 0 fully saturated rings. The number of nitrogens with two attached hydrogens (primary N) is 1. The van der Waals surface area contributed by atoms with Gasteiger partial charge in [0.05, 0.1) is 11.3 Å². The van der Waals surface area contributed by atoms with E-state index in [9.17, 15) is 18.0 Å². The van der Waals surface area contributed by atoms with Gasteiger partial charge < -0.3 is 11.1 Å². The molecule has 0 saturated carbocycles. The lowest BCUT2D eigenvalue weighted by molar-refractivity contribution is -0.117. The second kappa shape index (κ2) is 7.35. The summed E-state index contributed by atoms with van der Waals surface area (Å²) in [6.07, 6.45) is 0.0940. The molecule has 0 spiro atoms. The van der Waals surface area contributed by atoms with Gasteiger partial charge in [0.15, 0.2) is 0 Å². The number of anilines is 2. The third-order valence-electron chi connectivity index (χ3n) is 3.37. The molecule has 0 heterocycles. The van der Waals surface area contributed by atoms with Gasteiger partial charge in [0, 0.05) is 18.3 Å². The lowest BCUT2D eigenvalue weighted by atomic mass is 10.1. The second-order valence-electron chi connectivity index (χ2n) is 5.61. The number of rotatable bonds is 6. The molecule has 0 atom stereocenters. The number of aryl methyl sites for hydroxylation is 1. The van der Waals surface area contributed by atoms with Crippen LogP contribution in [0.1, 0.15) is 18.1 Å². The normalized spacial score (nSPS) is 11.0. The molecule has 0 bridgehead atoms. The Morgan fingerprint density at radius 2 is 1.64 bits per heavy atom. The lowest BCUT2D eigenvalue weighted by Gasteiger charge is -2.12. The Morgan fingerprint density at radius 1 is 1.04 bits per heavy atom. The van der Waals surface area contributed by atoms with Crippen molar-refractivity contribution in [2.45, 2.75) is 25.2 Å². The number of hydrogen-bond donors (Lipinski definition) is 3. The van der Waals surface area contributed by atoms with Crippen LogP contribution in [-0.2, 0) is 26.0 Å². The van der Waals surface area contributed by atoms with Crippen molar-refractivity contribution in [3.8, 4) is 0 Å². The fourth-order valence-corrected chi connectivity index (χ4v) is 3.62. The van der Waals surface area contributed by atoms with Gasteiger partial charge in [0.2, 0.25) is 11.8 Å². The van der Waals surface area contributed by atoms with Crippen LogP contribution in [0.2, 0.25) is 0 Å². The van der Waals surface area contributed by atoms with Gasteiger partial charge >= 0.3 is 0 Å². The van der Waals surface area contributed by atoms with Crippen LogP contribution in [0.5, 0.6) is 0 Å². The molecular formula is C17H19N3O4S. The highest BCUT2D eigenvalue weighted by Crippen LogP contribution is 2.22. The first kappa shape index (κ1) is 18.5. The Bertz CT molecular complexity index is 906. The van der Waals surface area contributed by atoms with Crippen LogP contribution in [0, 0.1) is 6.92 Å². The van der Waals surface area contributed by atoms with Gasteiger partial charge in [-0.2, -0.15) is 0 Å². The molecule has 0 aliphatic rings. The first-order valence-electron chi connectivity index (χ1n) is 7.46. The predicted molar refractivity (Wildman–Crippen MR) is 95.6 cm³/mol. The highest BCUT2D eigenvalue weighted by Gasteiger charge is 2.17. The SMILES string of the molecule is CC(=O)Nc1ccc(S(=O)(=O)Nc2ccc(CC(N)=O)cc2)c(C)c1. The van der Waals surface area contributed by atoms with Crippen molar-refractivity contribution in [2.75, 3.05) is 10.0 Å². The van der Waals surface area contributed by atoms with Crippen LogP contribution >= 0.6 is 0 Å². The van der Waals surface area contributed by atoms with E-state index in [1.54, 1.807) is 37.3 Å². The molecule has 7 nitrogen and oxygen atoms in total. The third-order valence-corrected chi connectivity index (χ3v) is 4.91. The number of hydrogen-bond acceptors (Lipinski definition) is 4. The summed E-state index contributed by atoms with van der Waals surface area (Å²) in [5, 5.41) is 2.60. The summed E-state index contributed by atoms with van der Waals surface area (Å²) >= 11 is 0. The van der Waals surface area contributed by atoms with E-state index in [0.29, 0.717) is 22.5 Å². The molecule has 0 unspecified atom stereocenters. The summed E-state index contributed by atoms with van der Waals surface area (Å²) in [5.74, 6) is -0.688. The zero-order valence-corrected chi connectivity index (χ0v) is 14.7. The van der Waals surface area contributed by atoms with Crippen LogP contribution in [-0.4, -0.2) is 20.2 Å². The lowest BCUT2D eigenvalue weighted by Crippen LogP contribution is -2.15. The summed E-state index contributed by atoms with van der Waals surface area (Å²) in [6.45, 7) is 3.03. The van der Waals surface area contributed by atoms with Gasteiger partial charge in [-0.25, -0.2) is 8.42 Å². The summed E-state index contributed by atoms with van der Waals surface area (Å²) in [7, 11) is -3.78. The molecule has 2 rings (SSSR count). The second-order valence-corrected chi connectivity index (χ2v) is 7.26. The van der Waals surface area contributed by atoms with Crippen LogP contribution in [0.25, 0.3) is 0 Å². The topological polar surface area (TPSA) is 118 Å². The third kappa shape index (κ3) is 5.05. The van der Waals surface area contributed by atoms with Crippen molar-refractivity contribution in [2.24, 2.45) is 5.73 Å². The van der Waals surface area contributed by atoms with Crippen molar-refractivity contribution >= 4 is 33.2 Å². The molecule has 8 heteroatoms. The first-order chi connectivity index (χ1) is 11.7. The molecule has 2 aromatic carbocycles. The molecular weight excluding hydrogens is 342 g/mol. The Balaban J connectivity index is 2.21. The molecule has 4 N–H and O–H groups in total. The predicted octanol–water partition coefficient (Wildman–Crippen LogP) is 1.78. The quantitative estimate of drug-likeness (QED) is 0.726. The number of carbonyl (C=O) groups is 2. The molecule has 0 radical (unpaired) electrons. The number of sulfonamides is 1. The summed E-state index contributed by atoms with van der Waals surface area (Å²) < 4.78 is 27.6. The number of nitrogens with one attached hydrogen (secondary N) is 2. The Kier molecular flexibility index (Phi) is 5.43. The van der Waals surface area contributed by atoms with E-state index in [0.717, 1.165) is 0 Å². The fourth-order valence-electron chi connectivity index (χ4n) is 2.33. The van der Waals surface area contributed by atoms with Gasteiger partial charge in [0.1, 0.15) is 0 Å². The number of carbonyl (C=O) groups excluding carboxylic acids is 2. The molecule has 0 aromatic heterocycles. The van der Waals surface area contributed by atoms with Gasteiger partial charge in [-0.3, -0.25) is 14.3 Å². The maximum absolute atomic E-state index is 12.5. The minimum Gasteiger partial charge on any atom is -0.369 e. The molecule has 2 amide bonds. The van der Waals surface area contributed by atoms with Gasteiger partial charge in [-0.05, 0) is 48.4 Å². The van der Waals surface area contributed by atoms with Crippen molar-refractivity contribution in [3.05, 3.63) is 53.6 Å². The molecule has 0 aliphatic carbocycles. The average Bonchev–Trinajstić information content (AvgIpc) is 2.47. The zero-order chi connectivity index (χ0) is 18.6. The maximum Gasteiger partial charge on any atom is 0.262 e. The fraction of sp³-hybridized carbons (Fsp3) is 0.176. The Labute approximate surface area is 146 Å². The molecule has 25 heavy (non-hydrogen) atoms. The Morgan fingerprint density at radius 3 is 2.16 bits per heavy atom. The van der Waals surface area contributed by atoms with Crippen LogP contribution in [0.15, 0.2) is 47.4 Å². The highest BCUT2D eigenvalue weighted by atomic mass is 32.2. The first-order valence-corrected chi connectivity index (χ1v) is 8.94. The largest absolute Gasteiger partial charge is 0.369 e. The van der Waals surface area contributed by atoms with Crippen LogP contribution in [0.4, 0.5) is 11.4 Å². The van der Waals surface area contributed by atoms with Crippen molar-refractivity contribution < 1.29 is 18.0 Å². The van der Waals surface area contributed by atoms with Crippen molar-refractivity contribution in [1.29, 1.82) is 0 Å². The summed E-state index contributed by atoms with van der Waals surface area (Å²) in [6, 6.07) is 11.0. The average molecular weight is 361 g/mol. The van der Waals surface area contributed by atoms with E-state index in [1.807, 2.05) is 0 Å². The molecule has 2 aromatic rings. The minimum atomic E-state index is -3.78. The van der Waals surface area contributed by atoms with Crippen molar-refractivity contribution in [1.82, 2.24) is 0 Å². The molecule has 132 valence electrons. The number of primary amides is 1. The maximum atomic E-state index is 12.5. The van der Waals surface area contributed by atoms with E-state index in [2.05, 4.69) is 10.0 Å². The molecule has 0 saturated heterocycles. The van der Waals surface area contributed by atoms with Gasteiger partial charge in [0.25, 0.3) is 10.0 Å². The van der Waals surface area contributed by atoms with E-state index in [-0.39, 0.29) is 17.2 Å². The Hall–Kier alpha value is -2.87. The number of amides is 2. The van der Waals surface area contributed by atoms with E-state index >= 15 is 0 Å². The van der Waals surface area contributed by atoms with Gasteiger partial charge in [-0.15, -0.1) is 0 Å². The van der Waals surface area contributed by atoms with E-state index < -0.39 is 15.9 Å².